The molecule has 3 aromatic rings. The molecular formula is C14H15ClN6. The third kappa shape index (κ3) is 2.80. The molecular weight excluding hydrogens is 288 g/mol. The minimum Gasteiger partial charge on any atom is -0.249 e. The minimum absolute atomic E-state index is 0.157. The predicted octanol–water partition coefficient (Wildman–Crippen LogP) is 2.82. The summed E-state index contributed by atoms with van der Waals surface area (Å²) in [5, 5.41) is 17.2. The van der Waals surface area contributed by atoms with Crippen molar-refractivity contribution in [2.45, 2.75) is 26.4 Å². The van der Waals surface area contributed by atoms with Crippen LogP contribution in [0.2, 0.25) is 5.15 Å². The summed E-state index contributed by atoms with van der Waals surface area (Å²) in [5.41, 5.74) is 1.83. The molecule has 0 aliphatic rings. The number of tetrazole rings is 1. The van der Waals surface area contributed by atoms with E-state index in [1.165, 1.54) is 0 Å². The predicted molar refractivity (Wildman–Crippen MR) is 80.0 cm³/mol. The van der Waals surface area contributed by atoms with E-state index in [1.54, 1.807) is 15.7 Å². The van der Waals surface area contributed by atoms with Crippen LogP contribution in [0.4, 0.5) is 0 Å². The molecule has 0 N–H and O–H groups in total. The second-order valence-electron chi connectivity index (χ2n) is 5.02. The van der Waals surface area contributed by atoms with Crippen LogP contribution < -0.4 is 0 Å². The second kappa shape index (κ2) is 5.65. The quantitative estimate of drug-likeness (QED) is 0.743. The topological polar surface area (TPSA) is 61.4 Å². The van der Waals surface area contributed by atoms with E-state index in [2.05, 4.69) is 20.5 Å². The van der Waals surface area contributed by atoms with Crippen LogP contribution in [0, 0.1) is 0 Å². The summed E-state index contributed by atoms with van der Waals surface area (Å²) in [6, 6.07) is 10.2. The molecule has 0 bridgehead atoms. The molecule has 0 saturated heterocycles. The summed E-state index contributed by atoms with van der Waals surface area (Å²) >= 11 is 6.38. The van der Waals surface area contributed by atoms with Crippen molar-refractivity contribution in [3.05, 3.63) is 47.2 Å². The molecule has 2 aromatic heterocycles. The van der Waals surface area contributed by atoms with Gasteiger partial charge in [-0.05, 0) is 24.6 Å². The normalized spacial score (nSPS) is 11.2. The van der Waals surface area contributed by atoms with Gasteiger partial charge >= 0.3 is 0 Å². The van der Waals surface area contributed by atoms with Gasteiger partial charge in [-0.3, -0.25) is 0 Å². The maximum Gasteiger partial charge on any atom is 0.209 e. The molecule has 0 aliphatic carbocycles. The Labute approximate surface area is 127 Å². The van der Waals surface area contributed by atoms with Gasteiger partial charge in [0.25, 0.3) is 0 Å². The lowest BCUT2D eigenvalue weighted by molar-refractivity contribution is 0.455. The Bertz CT molecular complexity index is 731. The molecule has 6 nitrogen and oxygen atoms in total. The van der Waals surface area contributed by atoms with E-state index in [0.717, 1.165) is 5.56 Å². The molecule has 108 valence electrons. The largest absolute Gasteiger partial charge is 0.249 e. The SMILES string of the molecule is CC(C)n1nnc(-c2cnn(Cc3ccccc3)c2Cl)n1. The Morgan fingerprint density at radius 2 is 1.95 bits per heavy atom. The van der Waals surface area contributed by atoms with Gasteiger partial charge in [-0.2, -0.15) is 9.90 Å². The number of benzene rings is 1. The maximum absolute atomic E-state index is 6.38. The van der Waals surface area contributed by atoms with Crippen molar-refractivity contribution in [3.8, 4) is 11.4 Å². The standard InChI is InChI=1S/C14H15ClN6/c1-10(2)21-18-14(17-19-21)12-8-16-20(13(12)15)9-11-6-4-3-5-7-11/h3-8,10H,9H2,1-2H3. The van der Waals surface area contributed by atoms with Gasteiger partial charge in [0.1, 0.15) is 5.15 Å². The van der Waals surface area contributed by atoms with Crippen molar-refractivity contribution in [2.75, 3.05) is 0 Å². The van der Waals surface area contributed by atoms with Gasteiger partial charge in [0.05, 0.1) is 24.3 Å². The van der Waals surface area contributed by atoms with Crippen molar-refractivity contribution in [2.24, 2.45) is 0 Å². The van der Waals surface area contributed by atoms with E-state index in [0.29, 0.717) is 23.1 Å². The molecule has 0 atom stereocenters. The fraction of sp³-hybridized carbons (Fsp3) is 0.286. The fourth-order valence-corrected chi connectivity index (χ4v) is 2.18. The lowest BCUT2D eigenvalue weighted by Gasteiger charge is -2.03. The molecule has 0 aliphatic heterocycles. The number of nitrogens with zero attached hydrogens (tertiary/aromatic N) is 6. The molecule has 0 fully saturated rings. The van der Waals surface area contributed by atoms with Crippen molar-refractivity contribution in [1.82, 2.24) is 30.0 Å². The van der Waals surface area contributed by atoms with E-state index in [1.807, 2.05) is 44.2 Å². The van der Waals surface area contributed by atoms with Crippen molar-refractivity contribution in [3.63, 3.8) is 0 Å². The zero-order valence-electron chi connectivity index (χ0n) is 11.8. The highest BCUT2D eigenvalue weighted by Crippen LogP contribution is 2.25. The maximum atomic E-state index is 6.38. The summed E-state index contributed by atoms with van der Waals surface area (Å²) in [6.45, 7) is 4.59. The third-order valence-corrected chi connectivity index (χ3v) is 3.48. The average Bonchev–Trinajstić information content (AvgIpc) is 3.08. The number of aromatic nitrogens is 6. The van der Waals surface area contributed by atoms with Crippen LogP contribution in [-0.2, 0) is 6.54 Å². The van der Waals surface area contributed by atoms with Crippen molar-refractivity contribution >= 4 is 11.6 Å². The monoisotopic (exact) mass is 302 g/mol. The Balaban J connectivity index is 1.88. The first-order valence-electron chi connectivity index (χ1n) is 6.70. The lowest BCUT2D eigenvalue weighted by Crippen LogP contribution is -2.04. The third-order valence-electron chi connectivity index (χ3n) is 3.08. The van der Waals surface area contributed by atoms with Gasteiger partial charge in [-0.15, -0.1) is 10.2 Å². The molecule has 21 heavy (non-hydrogen) atoms. The van der Waals surface area contributed by atoms with Gasteiger partial charge in [0, 0.05) is 0 Å². The first-order valence-corrected chi connectivity index (χ1v) is 7.08. The van der Waals surface area contributed by atoms with Crippen LogP contribution in [0.1, 0.15) is 25.5 Å². The van der Waals surface area contributed by atoms with Crippen molar-refractivity contribution < 1.29 is 0 Å². The van der Waals surface area contributed by atoms with Gasteiger partial charge in [0.2, 0.25) is 5.82 Å². The lowest BCUT2D eigenvalue weighted by atomic mass is 10.2. The van der Waals surface area contributed by atoms with Gasteiger partial charge in [0.15, 0.2) is 0 Å². The van der Waals surface area contributed by atoms with Crippen LogP contribution in [0.5, 0.6) is 0 Å². The van der Waals surface area contributed by atoms with Gasteiger partial charge in [-0.1, -0.05) is 41.9 Å². The molecule has 1 aromatic carbocycles. The summed E-state index contributed by atoms with van der Waals surface area (Å²) in [4.78, 5) is 1.56. The van der Waals surface area contributed by atoms with Crippen LogP contribution >= 0.6 is 11.6 Å². The Kier molecular flexibility index (Phi) is 3.70. The summed E-state index contributed by atoms with van der Waals surface area (Å²) in [7, 11) is 0. The fourth-order valence-electron chi connectivity index (χ4n) is 1.94. The molecule has 7 heteroatoms. The number of halogens is 1. The smallest absolute Gasteiger partial charge is 0.209 e. The van der Waals surface area contributed by atoms with Crippen LogP contribution in [0.25, 0.3) is 11.4 Å². The van der Waals surface area contributed by atoms with E-state index in [-0.39, 0.29) is 6.04 Å². The first kappa shape index (κ1) is 13.8. The zero-order chi connectivity index (χ0) is 14.8. The Morgan fingerprint density at radius 3 is 2.62 bits per heavy atom. The number of rotatable bonds is 4. The highest BCUT2D eigenvalue weighted by molar-refractivity contribution is 6.32. The Hall–Kier alpha value is -2.21. The molecule has 0 unspecified atom stereocenters. The van der Waals surface area contributed by atoms with Crippen molar-refractivity contribution in [1.29, 1.82) is 0 Å². The summed E-state index contributed by atoms with van der Waals surface area (Å²) in [5.74, 6) is 0.494. The molecule has 2 heterocycles. The molecule has 0 radical (unpaired) electrons. The van der Waals surface area contributed by atoms with E-state index in [4.69, 9.17) is 11.6 Å². The van der Waals surface area contributed by atoms with E-state index in [9.17, 15) is 0 Å². The zero-order valence-corrected chi connectivity index (χ0v) is 12.6. The molecule has 3 rings (SSSR count). The average molecular weight is 303 g/mol. The Morgan fingerprint density at radius 1 is 1.19 bits per heavy atom. The van der Waals surface area contributed by atoms with E-state index < -0.39 is 0 Å². The number of hydrogen-bond donors (Lipinski definition) is 0. The first-order chi connectivity index (χ1) is 10.1. The molecule has 0 amide bonds. The highest BCUT2D eigenvalue weighted by atomic mass is 35.5. The van der Waals surface area contributed by atoms with Crippen LogP contribution in [-0.4, -0.2) is 30.0 Å². The molecule has 0 saturated carbocycles. The summed E-state index contributed by atoms with van der Waals surface area (Å²) < 4.78 is 1.72. The second-order valence-corrected chi connectivity index (χ2v) is 5.38. The van der Waals surface area contributed by atoms with Crippen LogP contribution in [0.3, 0.4) is 0 Å². The molecule has 0 spiro atoms. The van der Waals surface area contributed by atoms with Gasteiger partial charge < -0.3 is 0 Å². The van der Waals surface area contributed by atoms with Crippen LogP contribution in [0.15, 0.2) is 36.5 Å². The van der Waals surface area contributed by atoms with Gasteiger partial charge in [-0.25, -0.2) is 4.68 Å². The number of hydrogen-bond acceptors (Lipinski definition) is 4. The highest BCUT2D eigenvalue weighted by Gasteiger charge is 2.16. The summed E-state index contributed by atoms with van der Waals surface area (Å²) in [6.07, 6.45) is 1.67. The minimum atomic E-state index is 0.157. The van der Waals surface area contributed by atoms with E-state index >= 15 is 0 Å².